The van der Waals surface area contributed by atoms with Crippen LogP contribution in [-0.2, 0) is 11.2 Å². The summed E-state index contributed by atoms with van der Waals surface area (Å²) in [5, 5.41) is 6.75. The van der Waals surface area contributed by atoms with E-state index in [1.165, 1.54) is 0 Å². The molecule has 2 aliphatic heterocycles. The number of urea groups is 1. The third-order valence-electron chi connectivity index (χ3n) is 7.53. The van der Waals surface area contributed by atoms with Gasteiger partial charge in [0.25, 0.3) is 5.91 Å². The molecular formula is C33H35BrClN3O3. The number of hydrogen-bond donors (Lipinski definition) is 2. The molecule has 3 aromatic carbocycles. The highest BCUT2D eigenvalue weighted by Crippen LogP contribution is 2.43. The molecule has 0 aromatic heterocycles. The molecule has 3 amide bonds. The average Bonchev–Trinajstić information content (AvgIpc) is 2.93. The van der Waals surface area contributed by atoms with E-state index in [0.717, 1.165) is 57.3 Å². The van der Waals surface area contributed by atoms with Gasteiger partial charge in [-0.3, -0.25) is 9.69 Å². The Morgan fingerprint density at radius 1 is 1.17 bits per heavy atom. The van der Waals surface area contributed by atoms with Crippen LogP contribution in [0.15, 0.2) is 64.6 Å². The summed E-state index contributed by atoms with van der Waals surface area (Å²) in [5.74, 6) is 0.763. The van der Waals surface area contributed by atoms with Gasteiger partial charge in [0, 0.05) is 16.6 Å². The number of hydrogen-bond acceptors (Lipinski definition) is 3. The number of benzene rings is 3. The number of ether oxygens (including phenoxy) is 1. The lowest BCUT2D eigenvalue weighted by molar-refractivity contribution is -0.113. The Labute approximate surface area is 255 Å². The van der Waals surface area contributed by atoms with Crippen molar-refractivity contribution >= 4 is 50.9 Å². The van der Waals surface area contributed by atoms with E-state index in [1.54, 1.807) is 4.90 Å². The van der Waals surface area contributed by atoms with Crippen LogP contribution in [0.25, 0.3) is 5.70 Å². The van der Waals surface area contributed by atoms with Gasteiger partial charge in [-0.15, -0.1) is 0 Å². The lowest BCUT2D eigenvalue weighted by atomic mass is 9.88. The summed E-state index contributed by atoms with van der Waals surface area (Å²) in [6, 6.07) is 16.5. The maximum Gasteiger partial charge on any atom is 0.322 e. The summed E-state index contributed by atoms with van der Waals surface area (Å²) in [6.07, 6.45) is 2.55. The monoisotopic (exact) mass is 635 g/mol. The summed E-state index contributed by atoms with van der Waals surface area (Å²) in [4.78, 5) is 30.1. The van der Waals surface area contributed by atoms with Crippen LogP contribution in [0, 0.1) is 19.8 Å². The van der Waals surface area contributed by atoms with Crippen molar-refractivity contribution in [2.45, 2.75) is 53.0 Å². The van der Waals surface area contributed by atoms with Crippen molar-refractivity contribution in [2.75, 3.05) is 18.5 Å². The molecule has 1 unspecified atom stereocenters. The summed E-state index contributed by atoms with van der Waals surface area (Å²) in [7, 11) is 0. The van der Waals surface area contributed by atoms with E-state index in [9.17, 15) is 9.59 Å². The van der Waals surface area contributed by atoms with Crippen molar-refractivity contribution in [3.8, 4) is 5.75 Å². The van der Waals surface area contributed by atoms with Gasteiger partial charge in [-0.05, 0) is 79.5 Å². The molecule has 0 saturated heterocycles. The maximum atomic E-state index is 14.5. The van der Waals surface area contributed by atoms with E-state index in [4.69, 9.17) is 16.3 Å². The van der Waals surface area contributed by atoms with Crippen LogP contribution in [0.2, 0.25) is 5.02 Å². The number of rotatable bonds is 7. The van der Waals surface area contributed by atoms with Crippen molar-refractivity contribution in [1.29, 1.82) is 0 Å². The Kier molecular flexibility index (Phi) is 8.76. The van der Waals surface area contributed by atoms with Crippen molar-refractivity contribution in [2.24, 2.45) is 5.92 Å². The number of halogens is 2. The molecule has 0 spiro atoms. The highest BCUT2D eigenvalue weighted by atomic mass is 79.9. The second-order valence-corrected chi connectivity index (χ2v) is 12.5. The van der Waals surface area contributed by atoms with Crippen LogP contribution in [0.5, 0.6) is 5.75 Å². The highest BCUT2D eigenvalue weighted by molar-refractivity contribution is 9.10. The first-order valence-electron chi connectivity index (χ1n) is 14.0. The fourth-order valence-electron chi connectivity index (χ4n) is 5.58. The molecule has 0 radical (unpaired) electrons. The summed E-state index contributed by atoms with van der Waals surface area (Å²) in [6.45, 7) is 9.19. The van der Waals surface area contributed by atoms with Gasteiger partial charge < -0.3 is 15.4 Å². The molecule has 214 valence electrons. The van der Waals surface area contributed by atoms with Crippen LogP contribution in [0.4, 0.5) is 10.5 Å². The van der Waals surface area contributed by atoms with Gasteiger partial charge in [-0.1, -0.05) is 77.8 Å². The Morgan fingerprint density at radius 2 is 1.93 bits per heavy atom. The molecule has 6 nitrogen and oxygen atoms in total. The van der Waals surface area contributed by atoms with Crippen LogP contribution in [0.3, 0.4) is 0 Å². The van der Waals surface area contributed by atoms with Crippen molar-refractivity contribution in [1.82, 2.24) is 10.2 Å². The summed E-state index contributed by atoms with van der Waals surface area (Å²) >= 11 is 10.3. The molecule has 0 bridgehead atoms. The third kappa shape index (κ3) is 6.16. The largest absolute Gasteiger partial charge is 0.493 e. The van der Waals surface area contributed by atoms with Gasteiger partial charge in [-0.2, -0.15) is 0 Å². The topological polar surface area (TPSA) is 70.7 Å². The molecule has 41 heavy (non-hydrogen) atoms. The molecule has 2 N–H and O–H groups in total. The highest BCUT2D eigenvalue weighted by Gasteiger charge is 2.40. The predicted molar refractivity (Wildman–Crippen MR) is 168 cm³/mol. The maximum absolute atomic E-state index is 14.5. The quantitative estimate of drug-likeness (QED) is 0.275. The van der Waals surface area contributed by atoms with Gasteiger partial charge in [0.1, 0.15) is 5.75 Å². The summed E-state index contributed by atoms with van der Waals surface area (Å²) in [5.41, 5.74) is 6.04. The Hall–Kier alpha value is -3.29. The van der Waals surface area contributed by atoms with Crippen molar-refractivity contribution in [3.05, 3.63) is 97.5 Å². The van der Waals surface area contributed by atoms with Crippen LogP contribution >= 0.6 is 27.5 Å². The lowest BCUT2D eigenvalue weighted by Crippen LogP contribution is -2.49. The van der Waals surface area contributed by atoms with Crippen LogP contribution in [0.1, 0.15) is 60.5 Å². The number of amides is 3. The van der Waals surface area contributed by atoms with E-state index in [1.807, 2.05) is 62.4 Å². The molecule has 3 aromatic rings. The number of fused-ring (bicyclic) bond motifs is 1. The minimum atomic E-state index is -0.748. The van der Waals surface area contributed by atoms with E-state index >= 15 is 0 Å². The average molecular weight is 637 g/mol. The molecule has 0 aliphatic carbocycles. The molecule has 2 heterocycles. The molecular weight excluding hydrogens is 602 g/mol. The standard InChI is InChI=1S/C33H35BrClN3O3/c1-19(2)12-13-38-30(22-9-6-5-7-10-22)27(32(39)36-28-21(4)15-20(3)16-26(28)35)29(37-33(38)40)25-18-24(34)17-23-11-8-14-41-31(23)25/h5-7,9-10,15-19,29H,8,11-14H2,1-4H3,(H,36,39)(H,37,40). The Bertz CT molecular complexity index is 1500. The molecule has 0 saturated carbocycles. The van der Waals surface area contributed by atoms with E-state index < -0.39 is 6.04 Å². The first-order valence-corrected chi connectivity index (χ1v) is 15.2. The first-order chi connectivity index (χ1) is 19.6. The molecule has 5 rings (SSSR count). The number of nitrogens with zero attached hydrogens (tertiary/aromatic N) is 1. The minimum Gasteiger partial charge on any atom is -0.493 e. The van der Waals surface area contributed by atoms with Crippen molar-refractivity contribution < 1.29 is 14.3 Å². The summed E-state index contributed by atoms with van der Waals surface area (Å²) < 4.78 is 7.05. The van der Waals surface area contributed by atoms with Crippen LogP contribution < -0.4 is 15.4 Å². The fraction of sp³-hybridized carbons (Fsp3) is 0.333. The zero-order valence-corrected chi connectivity index (χ0v) is 26.2. The zero-order chi connectivity index (χ0) is 29.3. The SMILES string of the molecule is Cc1cc(C)c(NC(=O)C2=C(c3ccccc3)N(CCC(C)C)C(=O)NC2c2cc(Br)cc3c2OCCC3)c(Cl)c1. The van der Waals surface area contributed by atoms with E-state index in [2.05, 4.69) is 46.5 Å². The number of nitrogens with one attached hydrogen (secondary N) is 2. The third-order valence-corrected chi connectivity index (χ3v) is 8.28. The smallest absolute Gasteiger partial charge is 0.322 e. The van der Waals surface area contributed by atoms with E-state index in [0.29, 0.717) is 41.0 Å². The molecule has 8 heteroatoms. The Morgan fingerprint density at radius 3 is 2.63 bits per heavy atom. The zero-order valence-electron chi connectivity index (χ0n) is 23.8. The molecule has 0 fully saturated rings. The van der Waals surface area contributed by atoms with Gasteiger partial charge >= 0.3 is 6.03 Å². The van der Waals surface area contributed by atoms with Crippen LogP contribution in [-0.4, -0.2) is 30.0 Å². The normalized spacial score (nSPS) is 16.8. The molecule has 2 aliphatic rings. The first kappa shape index (κ1) is 29.2. The number of aryl methyl sites for hydroxylation is 3. The second-order valence-electron chi connectivity index (χ2n) is 11.2. The number of carbonyl (C=O) groups is 2. The van der Waals surface area contributed by atoms with E-state index in [-0.39, 0.29) is 11.9 Å². The van der Waals surface area contributed by atoms with Gasteiger partial charge in [-0.25, -0.2) is 4.79 Å². The molecule has 1 atom stereocenters. The second kappa shape index (κ2) is 12.3. The predicted octanol–water partition coefficient (Wildman–Crippen LogP) is 8.21. The number of anilines is 1. The van der Waals surface area contributed by atoms with Gasteiger partial charge in [0.05, 0.1) is 34.6 Å². The van der Waals surface area contributed by atoms with Gasteiger partial charge in [0.2, 0.25) is 0 Å². The minimum absolute atomic E-state index is 0.250. The Balaban J connectivity index is 1.75. The lowest BCUT2D eigenvalue weighted by Gasteiger charge is -2.38. The van der Waals surface area contributed by atoms with Crippen molar-refractivity contribution in [3.63, 3.8) is 0 Å². The number of carbonyl (C=O) groups excluding carboxylic acids is 2. The fourth-order valence-corrected chi connectivity index (χ4v) is 6.47. The van der Waals surface area contributed by atoms with Gasteiger partial charge in [0.15, 0.2) is 0 Å².